The van der Waals surface area contributed by atoms with Gasteiger partial charge in [0.2, 0.25) is 0 Å². The van der Waals surface area contributed by atoms with Gasteiger partial charge in [0, 0.05) is 5.56 Å². The molecule has 0 bridgehead atoms. The van der Waals surface area contributed by atoms with Gasteiger partial charge in [-0.05, 0) is 35.7 Å². The number of benzene rings is 1. The lowest BCUT2D eigenvalue weighted by atomic mass is 10.1. The molecule has 0 radical (unpaired) electrons. The van der Waals surface area contributed by atoms with E-state index in [1.165, 1.54) is 42.4 Å². The molecule has 3 nitrogen and oxygen atoms in total. The van der Waals surface area contributed by atoms with Crippen LogP contribution in [-0.4, -0.2) is 21.5 Å². The van der Waals surface area contributed by atoms with Gasteiger partial charge in [0.1, 0.15) is 17.2 Å². The fraction of sp³-hybridized carbons (Fsp3) is 0.0714. The molecule has 0 aliphatic carbocycles. The topological polar surface area (TPSA) is 42.9 Å². The van der Waals surface area contributed by atoms with Gasteiger partial charge in [-0.2, -0.15) is 0 Å². The van der Waals surface area contributed by atoms with Crippen molar-refractivity contribution in [3.63, 3.8) is 0 Å². The zero-order chi connectivity index (χ0) is 13.9. The Morgan fingerprint density at radius 3 is 2.80 bits per heavy atom. The molecule has 0 saturated carbocycles. The van der Waals surface area contributed by atoms with E-state index < -0.39 is 0 Å². The Hall–Kier alpha value is -1.79. The Bertz CT molecular complexity index is 755. The average Bonchev–Trinajstić information content (AvgIpc) is 2.94. The summed E-state index contributed by atoms with van der Waals surface area (Å²) in [5.74, 6) is -0.112. The number of hydrogen-bond acceptors (Lipinski definition) is 5. The second-order valence-corrected chi connectivity index (χ2v) is 5.91. The number of rotatable bonds is 4. The van der Waals surface area contributed by atoms with Crippen LogP contribution in [0.1, 0.15) is 10.4 Å². The van der Waals surface area contributed by atoms with E-state index in [4.69, 9.17) is 0 Å². The van der Waals surface area contributed by atoms with E-state index in [-0.39, 0.29) is 17.4 Å². The maximum atomic E-state index is 12.8. The minimum Gasteiger partial charge on any atom is -0.293 e. The smallest absolute Gasteiger partial charge is 0.173 e. The van der Waals surface area contributed by atoms with Crippen molar-refractivity contribution >= 4 is 39.1 Å². The van der Waals surface area contributed by atoms with Crippen molar-refractivity contribution < 1.29 is 9.18 Å². The highest BCUT2D eigenvalue weighted by Gasteiger charge is 2.10. The summed E-state index contributed by atoms with van der Waals surface area (Å²) in [6, 6.07) is 7.51. The van der Waals surface area contributed by atoms with E-state index >= 15 is 0 Å². The highest BCUT2D eigenvalue weighted by atomic mass is 32.2. The lowest BCUT2D eigenvalue weighted by Crippen LogP contribution is -2.02. The molecule has 0 saturated heterocycles. The largest absolute Gasteiger partial charge is 0.293 e. The van der Waals surface area contributed by atoms with Crippen LogP contribution >= 0.6 is 23.1 Å². The van der Waals surface area contributed by atoms with Crippen LogP contribution in [-0.2, 0) is 0 Å². The first kappa shape index (κ1) is 13.2. The van der Waals surface area contributed by atoms with E-state index in [1.54, 1.807) is 11.3 Å². The molecule has 6 heteroatoms. The number of fused-ring (bicyclic) bond motifs is 1. The third-order valence-corrected chi connectivity index (χ3v) is 4.75. The fourth-order valence-electron chi connectivity index (χ4n) is 1.72. The summed E-state index contributed by atoms with van der Waals surface area (Å²) >= 11 is 2.93. The Labute approximate surface area is 122 Å². The summed E-state index contributed by atoms with van der Waals surface area (Å²) in [4.78, 5) is 20.4. The van der Waals surface area contributed by atoms with E-state index in [9.17, 15) is 9.18 Å². The highest BCUT2D eigenvalue weighted by Crippen LogP contribution is 2.28. The van der Waals surface area contributed by atoms with Gasteiger partial charge in [0.05, 0.1) is 16.0 Å². The van der Waals surface area contributed by atoms with Crippen molar-refractivity contribution in [1.82, 2.24) is 9.97 Å². The molecule has 3 aromatic rings. The summed E-state index contributed by atoms with van der Waals surface area (Å²) in [5.41, 5.74) is 1.40. The highest BCUT2D eigenvalue weighted by molar-refractivity contribution is 8.00. The molecule has 0 fully saturated rings. The normalized spacial score (nSPS) is 10.8. The number of thiophene rings is 1. The molecule has 0 aliphatic heterocycles. The molecule has 100 valence electrons. The Morgan fingerprint density at radius 1 is 1.20 bits per heavy atom. The number of carbonyl (C=O) groups is 1. The van der Waals surface area contributed by atoms with Gasteiger partial charge in [-0.15, -0.1) is 11.3 Å². The van der Waals surface area contributed by atoms with Crippen molar-refractivity contribution in [2.75, 3.05) is 5.75 Å². The molecule has 0 unspecified atom stereocenters. The van der Waals surface area contributed by atoms with Gasteiger partial charge < -0.3 is 0 Å². The third-order valence-electron chi connectivity index (χ3n) is 2.72. The van der Waals surface area contributed by atoms with Crippen LogP contribution in [0.3, 0.4) is 0 Å². The number of carbonyl (C=O) groups excluding carboxylic acids is 1. The van der Waals surface area contributed by atoms with E-state index in [0.717, 1.165) is 15.2 Å². The van der Waals surface area contributed by atoms with Crippen LogP contribution in [0.5, 0.6) is 0 Å². The molecule has 2 aromatic heterocycles. The van der Waals surface area contributed by atoms with E-state index in [2.05, 4.69) is 9.97 Å². The first-order valence-electron chi connectivity index (χ1n) is 5.84. The van der Waals surface area contributed by atoms with Crippen molar-refractivity contribution in [2.24, 2.45) is 0 Å². The van der Waals surface area contributed by atoms with Crippen molar-refractivity contribution in [3.05, 3.63) is 53.4 Å². The fourth-order valence-corrected chi connectivity index (χ4v) is 3.56. The predicted octanol–water partition coefficient (Wildman–Crippen LogP) is 3.81. The molecule has 20 heavy (non-hydrogen) atoms. The van der Waals surface area contributed by atoms with Gasteiger partial charge in [0.25, 0.3) is 0 Å². The number of ketones is 1. The second-order valence-electron chi connectivity index (χ2n) is 4.03. The standard InChI is InChI=1S/C14H9FN2OS2/c15-10-3-1-9(2-4-10)12(18)7-20-14-13-11(5-6-19-13)16-8-17-14/h1-6,8H,7H2. The summed E-state index contributed by atoms with van der Waals surface area (Å²) in [6.07, 6.45) is 1.50. The number of thioether (sulfide) groups is 1. The molecule has 1 aromatic carbocycles. The van der Waals surface area contributed by atoms with E-state index in [1.807, 2.05) is 11.4 Å². The molecule has 3 rings (SSSR count). The van der Waals surface area contributed by atoms with Gasteiger partial charge in [-0.1, -0.05) is 11.8 Å². The van der Waals surface area contributed by atoms with Gasteiger partial charge in [-0.3, -0.25) is 4.79 Å². The molecule has 2 heterocycles. The van der Waals surface area contributed by atoms with Crippen LogP contribution in [0.2, 0.25) is 0 Å². The first-order valence-corrected chi connectivity index (χ1v) is 7.70. The molecular formula is C14H9FN2OS2. The predicted molar refractivity (Wildman–Crippen MR) is 78.9 cm³/mol. The minimum absolute atomic E-state index is 0.0432. The molecular weight excluding hydrogens is 295 g/mol. The Morgan fingerprint density at radius 2 is 2.00 bits per heavy atom. The molecule has 0 spiro atoms. The number of hydrogen-bond donors (Lipinski definition) is 0. The van der Waals surface area contributed by atoms with Crippen LogP contribution in [0, 0.1) is 5.82 Å². The molecule has 0 amide bonds. The van der Waals surface area contributed by atoms with Crippen LogP contribution in [0.4, 0.5) is 4.39 Å². The van der Waals surface area contributed by atoms with Crippen LogP contribution in [0.25, 0.3) is 10.2 Å². The number of halogens is 1. The van der Waals surface area contributed by atoms with Crippen molar-refractivity contribution in [2.45, 2.75) is 5.03 Å². The quantitative estimate of drug-likeness (QED) is 0.418. The maximum absolute atomic E-state index is 12.8. The van der Waals surface area contributed by atoms with E-state index in [0.29, 0.717) is 5.56 Å². The summed E-state index contributed by atoms with van der Waals surface area (Å²) in [7, 11) is 0. The summed E-state index contributed by atoms with van der Waals surface area (Å²) < 4.78 is 13.8. The number of aromatic nitrogens is 2. The minimum atomic E-state index is -0.342. The monoisotopic (exact) mass is 304 g/mol. The first-order chi connectivity index (χ1) is 9.74. The third kappa shape index (κ3) is 2.71. The lowest BCUT2D eigenvalue weighted by Gasteiger charge is -2.02. The molecule has 0 aliphatic rings. The molecule has 0 N–H and O–H groups in total. The zero-order valence-corrected chi connectivity index (χ0v) is 11.9. The van der Waals surface area contributed by atoms with Crippen LogP contribution in [0.15, 0.2) is 47.1 Å². The summed E-state index contributed by atoms with van der Waals surface area (Å²) in [6.45, 7) is 0. The summed E-state index contributed by atoms with van der Waals surface area (Å²) in [5, 5.41) is 2.76. The van der Waals surface area contributed by atoms with Crippen LogP contribution < -0.4 is 0 Å². The van der Waals surface area contributed by atoms with Crippen molar-refractivity contribution in [1.29, 1.82) is 0 Å². The SMILES string of the molecule is O=C(CSc1ncnc2ccsc12)c1ccc(F)cc1. The van der Waals surface area contributed by atoms with Crippen molar-refractivity contribution in [3.8, 4) is 0 Å². The lowest BCUT2D eigenvalue weighted by molar-refractivity contribution is 0.102. The number of nitrogens with zero attached hydrogens (tertiary/aromatic N) is 2. The van der Waals surface area contributed by atoms with Gasteiger partial charge in [0.15, 0.2) is 5.78 Å². The second kappa shape index (κ2) is 5.68. The maximum Gasteiger partial charge on any atom is 0.173 e. The zero-order valence-electron chi connectivity index (χ0n) is 10.2. The Balaban J connectivity index is 1.74. The van der Waals surface area contributed by atoms with Gasteiger partial charge in [-0.25, -0.2) is 14.4 Å². The van der Waals surface area contributed by atoms with Gasteiger partial charge >= 0.3 is 0 Å². The average molecular weight is 304 g/mol. The Kier molecular flexibility index (Phi) is 3.75. The molecule has 0 atom stereocenters. The number of Topliss-reactive ketones (excluding diaryl/α,β-unsaturated/α-hetero) is 1.